The highest BCUT2D eigenvalue weighted by Gasteiger charge is 2.22. The summed E-state index contributed by atoms with van der Waals surface area (Å²) in [6.07, 6.45) is 3.72. The number of amides is 1. The highest BCUT2D eigenvalue weighted by molar-refractivity contribution is 7.18. The molecule has 1 amide bonds. The summed E-state index contributed by atoms with van der Waals surface area (Å²) < 4.78 is 10.8. The van der Waals surface area contributed by atoms with Gasteiger partial charge in [-0.15, -0.1) is 11.3 Å². The Balaban J connectivity index is 1.34. The van der Waals surface area contributed by atoms with E-state index < -0.39 is 0 Å². The standard InChI is InChI=1S/C23H27N3O3S/c1-15-20(28-2)12-17(13-21(15)29-3)22(27)25-18-6-9-26(10-7-18)14-19-11-16-5-4-8-24-23(16)30-19/h4-5,8,11-13,18H,6-7,9-10,14H2,1-3H3,(H,25,27). The molecule has 1 aliphatic rings. The molecule has 3 heterocycles. The van der Waals surface area contributed by atoms with E-state index in [1.807, 2.05) is 19.2 Å². The minimum absolute atomic E-state index is 0.0827. The molecule has 1 N–H and O–H groups in total. The maximum Gasteiger partial charge on any atom is 0.251 e. The van der Waals surface area contributed by atoms with Crippen molar-refractivity contribution in [3.05, 3.63) is 52.5 Å². The molecule has 1 aliphatic heterocycles. The van der Waals surface area contributed by atoms with Crippen molar-refractivity contribution in [3.63, 3.8) is 0 Å². The number of benzene rings is 1. The Labute approximate surface area is 180 Å². The number of carbonyl (C=O) groups is 1. The number of hydrogen-bond acceptors (Lipinski definition) is 6. The molecule has 7 heteroatoms. The third kappa shape index (κ3) is 4.42. The first-order valence-corrected chi connectivity index (χ1v) is 11.0. The summed E-state index contributed by atoms with van der Waals surface area (Å²) in [5.74, 6) is 1.24. The van der Waals surface area contributed by atoms with Gasteiger partial charge in [0.25, 0.3) is 5.91 Å². The van der Waals surface area contributed by atoms with E-state index in [4.69, 9.17) is 9.47 Å². The van der Waals surface area contributed by atoms with Gasteiger partial charge in [-0.1, -0.05) is 6.07 Å². The maximum atomic E-state index is 12.8. The van der Waals surface area contributed by atoms with Crippen LogP contribution in [0.3, 0.4) is 0 Å². The number of aromatic nitrogens is 1. The van der Waals surface area contributed by atoms with Crippen molar-refractivity contribution in [1.29, 1.82) is 0 Å². The van der Waals surface area contributed by atoms with Crippen LogP contribution in [0.1, 0.15) is 33.6 Å². The van der Waals surface area contributed by atoms with E-state index in [0.717, 1.165) is 42.9 Å². The molecule has 30 heavy (non-hydrogen) atoms. The summed E-state index contributed by atoms with van der Waals surface area (Å²) in [6.45, 7) is 4.79. The van der Waals surface area contributed by atoms with Crippen molar-refractivity contribution in [3.8, 4) is 11.5 Å². The summed E-state index contributed by atoms with van der Waals surface area (Å²) >= 11 is 1.76. The number of carbonyl (C=O) groups excluding carboxylic acids is 1. The van der Waals surface area contributed by atoms with E-state index in [-0.39, 0.29) is 11.9 Å². The second-order valence-corrected chi connectivity index (χ2v) is 8.76. The molecular weight excluding hydrogens is 398 g/mol. The normalized spacial score (nSPS) is 15.3. The third-order valence-electron chi connectivity index (χ3n) is 5.66. The lowest BCUT2D eigenvalue weighted by Gasteiger charge is -2.32. The number of hydrogen-bond donors (Lipinski definition) is 1. The van der Waals surface area contributed by atoms with Crippen molar-refractivity contribution in [2.45, 2.75) is 32.4 Å². The van der Waals surface area contributed by atoms with Crippen LogP contribution < -0.4 is 14.8 Å². The molecule has 1 saturated heterocycles. The monoisotopic (exact) mass is 425 g/mol. The molecule has 0 saturated carbocycles. The number of nitrogens with zero attached hydrogens (tertiary/aromatic N) is 2. The second-order valence-electron chi connectivity index (χ2n) is 7.64. The molecule has 4 rings (SSSR count). The topological polar surface area (TPSA) is 63.7 Å². The van der Waals surface area contributed by atoms with E-state index in [1.165, 1.54) is 10.3 Å². The number of nitrogens with one attached hydrogen (secondary N) is 1. The number of pyridine rings is 1. The van der Waals surface area contributed by atoms with Gasteiger partial charge < -0.3 is 14.8 Å². The summed E-state index contributed by atoms with van der Waals surface area (Å²) in [5, 5.41) is 4.39. The van der Waals surface area contributed by atoms with Crippen molar-refractivity contribution in [1.82, 2.24) is 15.2 Å². The zero-order chi connectivity index (χ0) is 21.1. The predicted molar refractivity (Wildman–Crippen MR) is 120 cm³/mol. The molecule has 6 nitrogen and oxygen atoms in total. The van der Waals surface area contributed by atoms with E-state index >= 15 is 0 Å². The summed E-state index contributed by atoms with van der Waals surface area (Å²) in [7, 11) is 3.21. The number of thiophene rings is 1. The number of piperidine rings is 1. The largest absolute Gasteiger partial charge is 0.496 e. The van der Waals surface area contributed by atoms with Crippen molar-refractivity contribution < 1.29 is 14.3 Å². The Morgan fingerprint density at radius 1 is 1.20 bits per heavy atom. The van der Waals surface area contributed by atoms with E-state index in [0.29, 0.717) is 17.1 Å². The highest BCUT2D eigenvalue weighted by atomic mass is 32.1. The summed E-state index contributed by atoms with van der Waals surface area (Å²) in [6, 6.07) is 10.1. The van der Waals surface area contributed by atoms with Crippen molar-refractivity contribution in [2.75, 3.05) is 27.3 Å². The Morgan fingerprint density at radius 3 is 2.53 bits per heavy atom. The molecule has 3 aromatic rings. The minimum atomic E-state index is -0.0827. The van der Waals surface area contributed by atoms with Gasteiger partial charge in [0.05, 0.1) is 14.2 Å². The zero-order valence-corrected chi connectivity index (χ0v) is 18.4. The fourth-order valence-corrected chi connectivity index (χ4v) is 4.98. The lowest BCUT2D eigenvalue weighted by Crippen LogP contribution is -2.44. The number of rotatable bonds is 6. The molecule has 0 radical (unpaired) electrons. The van der Waals surface area contributed by atoms with E-state index in [1.54, 1.807) is 37.7 Å². The summed E-state index contributed by atoms with van der Waals surface area (Å²) in [4.78, 5) is 22.1. The van der Waals surface area contributed by atoms with Crippen LogP contribution >= 0.6 is 11.3 Å². The van der Waals surface area contributed by atoms with Gasteiger partial charge in [-0.3, -0.25) is 9.69 Å². The van der Waals surface area contributed by atoms with Gasteiger partial charge in [-0.05, 0) is 44.0 Å². The van der Waals surface area contributed by atoms with Crippen LogP contribution in [0.4, 0.5) is 0 Å². The first-order chi connectivity index (χ1) is 14.6. The van der Waals surface area contributed by atoms with Crippen LogP contribution in [0.25, 0.3) is 10.2 Å². The molecule has 0 unspecified atom stereocenters. The lowest BCUT2D eigenvalue weighted by atomic mass is 10.0. The van der Waals surface area contributed by atoms with Crippen molar-refractivity contribution >= 4 is 27.5 Å². The van der Waals surface area contributed by atoms with Gasteiger partial charge >= 0.3 is 0 Å². The Kier molecular flexibility index (Phi) is 6.20. The van der Waals surface area contributed by atoms with Crippen LogP contribution in [0.2, 0.25) is 0 Å². The van der Waals surface area contributed by atoms with Gasteiger partial charge in [0.15, 0.2) is 0 Å². The first-order valence-electron chi connectivity index (χ1n) is 10.2. The molecule has 1 fully saturated rings. The third-order valence-corrected chi connectivity index (χ3v) is 6.71. The van der Waals surface area contributed by atoms with Gasteiger partial charge in [-0.2, -0.15) is 0 Å². The summed E-state index contributed by atoms with van der Waals surface area (Å²) in [5.41, 5.74) is 1.45. The number of methoxy groups -OCH3 is 2. The second kappa shape index (κ2) is 9.02. The van der Waals surface area contributed by atoms with Crippen LogP contribution in [-0.2, 0) is 6.54 Å². The van der Waals surface area contributed by atoms with Gasteiger partial charge in [0.2, 0.25) is 0 Å². The fraction of sp³-hybridized carbons (Fsp3) is 0.391. The molecule has 0 aliphatic carbocycles. The average molecular weight is 426 g/mol. The van der Waals surface area contributed by atoms with Gasteiger partial charge in [0, 0.05) is 53.3 Å². The zero-order valence-electron chi connectivity index (χ0n) is 17.6. The lowest BCUT2D eigenvalue weighted by molar-refractivity contribution is 0.0908. The molecule has 158 valence electrons. The SMILES string of the molecule is COc1cc(C(=O)NC2CCN(Cc3cc4cccnc4s3)CC2)cc(OC)c1C. The quantitative estimate of drug-likeness (QED) is 0.646. The molecule has 1 aromatic carbocycles. The Morgan fingerprint density at radius 2 is 1.90 bits per heavy atom. The number of likely N-dealkylation sites (tertiary alicyclic amines) is 1. The number of fused-ring (bicyclic) bond motifs is 1. The van der Waals surface area contributed by atoms with Crippen LogP contribution in [0, 0.1) is 6.92 Å². The van der Waals surface area contributed by atoms with Crippen LogP contribution in [0.15, 0.2) is 36.5 Å². The predicted octanol–water partition coefficient (Wildman–Crippen LogP) is 4.02. The molecule has 0 bridgehead atoms. The van der Waals surface area contributed by atoms with Crippen molar-refractivity contribution in [2.24, 2.45) is 0 Å². The van der Waals surface area contributed by atoms with Crippen LogP contribution in [-0.4, -0.2) is 49.1 Å². The van der Waals surface area contributed by atoms with E-state index in [9.17, 15) is 4.79 Å². The maximum absolute atomic E-state index is 12.8. The Bertz CT molecular complexity index is 983. The highest BCUT2D eigenvalue weighted by Crippen LogP contribution is 2.30. The molecule has 2 aromatic heterocycles. The molecule has 0 spiro atoms. The number of ether oxygens (including phenoxy) is 2. The minimum Gasteiger partial charge on any atom is -0.496 e. The first kappa shape index (κ1) is 20.6. The fourth-order valence-electron chi connectivity index (χ4n) is 3.95. The van der Waals surface area contributed by atoms with Gasteiger partial charge in [-0.25, -0.2) is 4.98 Å². The Hall–Kier alpha value is -2.64. The molecular formula is C23H27N3O3S. The smallest absolute Gasteiger partial charge is 0.251 e. The van der Waals surface area contributed by atoms with E-state index in [2.05, 4.69) is 27.3 Å². The van der Waals surface area contributed by atoms with Gasteiger partial charge in [0.1, 0.15) is 16.3 Å². The average Bonchev–Trinajstić information content (AvgIpc) is 3.17. The molecule has 0 atom stereocenters. The van der Waals surface area contributed by atoms with Crippen LogP contribution in [0.5, 0.6) is 11.5 Å².